The molecule has 5 heteroatoms. The van der Waals surface area contributed by atoms with Crippen LogP contribution in [0.3, 0.4) is 0 Å². The number of amidine groups is 1. The van der Waals surface area contributed by atoms with Crippen molar-refractivity contribution >= 4 is 5.84 Å². The molecule has 0 aliphatic rings. The number of pyridine rings is 1. The van der Waals surface area contributed by atoms with E-state index in [1.54, 1.807) is 18.3 Å². The molecule has 0 amide bonds. The van der Waals surface area contributed by atoms with Gasteiger partial charge in [0.2, 0.25) is 5.88 Å². The lowest BCUT2D eigenvalue weighted by atomic mass is 10.1. The molecule has 0 aliphatic carbocycles. The van der Waals surface area contributed by atoms with Gasteiger partial charge in [-0.05, 0) is 31.4 Å². The zero-order valence-corrected chi connectivity index (χ0v) is 10.4. The first-order valence-corrected chi connectivity index (χ1v) is 5.64. The smallest absolute Gasteiger partial charge is 0.224 e. The van der Waals surface area contributed by atoms with E-state index < -0.39 is 0 Å². The topological polar surface area (TPSA) is 80.7 Å². The Kier molecular flexibility index (Phi) is 4.75. The molecule has 1 aromatic heterocycles. The molecule has 1 unspecified atom stereocenters. The maximum absolute atomic E-state index is 8.67. The van der Waals surface area contributed by atoms with Crippen LogP contribution >= 0.6 is 0 Å². The lowest BCUT2D eigenvalue weighted by Crippen LogP contribution is -2.20. The molecule has 1 heterocycles. The van der Waals surface area contributed by atoms with Crippen LogP contribution in [0.25, 0.3) is 0 Å². The highest BCUT2D eigenvalue weighted by Gasteiger charge is 2.13. The summed E-state index contributed by atoms with van der Waals surface area (Å²) < 4.78 is 5.70. The molecule has 5 nitrogen and oxygen atoms in total. The maximum Gasteiger partial charge on any atom is 0.224 e. The Balaban J connectivity index is 2.84. The summed E-state index contributed by atoms with van der Waals surface area (Å²) >= 11 is 0. The molecule has 17 heavy (non-hydrogen) atoms. The van der Waals surface area contributed by atoms with Crippen molar-refractivity contribution in [2.45, 2.75) is 33.3 Å². The molecule has 0 aromatic carbocycles. The molecule has 0 saturated heterocycles. The minimum Gasteiger partial charge on any atom is -0.474 e. The highest BCUT2D eigenvalue weighted by Crippen LogP contribution is 2.18. The van der Waals surface area contributed by atoms with Gasteiger partial charge in [0.1, 0.15) is 0 Å². The van der Waals surface area contributed by atoms with Crippen LogP contribution in [-0.2, 0) is 0 Å². The van der Waals surface area contributed by atoms with Crippen molar-refractivity contribution in [3.8, 4) is 5.88 Å². The van der Waals surface area contributed by atoms with Crippen LogP contribution in [-0.4, -0.2) is 22.1 Å². The Bertz CT molecular complexity index is 391. The van der Waals surface area contributed by atoms with Crippen molar-refractivity contribution in [2.75, 3.05) is 0 Å². The summed E-state index contributed by atoms with van der Waals surface area (Å²) in [5.74, 6) is 0.946. The van der Waals surface area contributed by atoms with Gasteiger partial charge >= 0.3 is 0 Å². The molecule has 94 valence electrons. The van der Waals surface area contributed by atoms with Crippen molar-refractivity contribution in [1.82, 2.24) is 4.98 Å². The van der Waals surface area contributed by atoms with Crippen molar-refractivity contribution in [1.29, 1.82) is 0 Å². The van der Waals surface area contributed by atoms with Gasteiger partial charge < -0.3 is 15.7 Å². The Morgan fingerprint density at radius 2 is 2.24 bits per heavy atom. The minimum atomic E-state index is 0.00449. The van der Waals surface area contributed by atoms with Crippen LogP contribution in [0.4, 0.5) is 0 Å². The van der Waals surface area contributed by atoms with Gasteiger partial charge in [-0.1, -0.05) is 19.0 Å². The zero-order chi connectivity index (χ0) is 12.8. The average Bonchev–Trinajstić information content (AvgIpc) is 2.27. The first kappa shape index (κ1) is 13.3. The summed E-state index contributed by atoms with van der Waals surface area (Å²) in [7, 11) is 0. The third kappa shape index (κ3) is 3.94. The third-order valence-electron chi connectivity index (χ3n) is 2.27. The molecule has 1 rings (SSSR count). The SMILES string of the molecule is CC(C)CC(C)Oc1ncccc1/C(N)=N/O. The van der Waals surface area contributed by atoms with Crippen molar-refractivity contribution in [3.63, 3.8) is 0 Å². The Morgan fingerprint density at radius 3 is 2.82 bits per heavy atom. The number of nitrogens with two attached hydrogens (primary N) is 1. The maximum atomic E-state index is 8.67. The Labute approximate surface area is 101 Å². The van der Waals surface area contributed by atoms with Gasteiger partial charge in [-0.3, -0.25) is 0 Å². The zero-order valence-electron chi connectivity index (χ0n) is 10.4. The van der Waals surface area contributed by atoms with E-state index in [0.29, 0.717) is 17.4 Å². The fraction of sp³-hybridized carbons (Fsp3) is 0.500. The molecule has 1 atom stereocenters. The van der Waals surface area contributed by atoms with Crippen LogP contribution in [0.15, 0.2) is 23.5 Å². The number of aromatic nitrogens is 1. The molecule has 1 aromatic rings. The van der Waals surface area contributed by atoms with Gasteiger partial charge in [0.05, 0.1) is 11.7 Å². The predicted molar refractivity (Wildman–Crippen MR) is 66.3 cm³/mol. The van der Waals surface area contributed by atoms with E-state index in [2.05, 4.69) is 24.0 Å². The van der Waals surface area contributed by atoms with Crippen molar-refractivity contribution in [2.24, 2.45) is 16.8 Å². The van der Waals surface area contributed by atoms with Gasteiger partial charge in [-0.2, -0.15) is 0 Å². The molecule has 0 bridgehead atoms. The van der Waals surface area contributed by atoms with Crippen molar-refractivity contribution < 1.29 is 9.94 Å². The number of nitrogens with zero attached hydrogens (tertiary/aromatic N) is 2. The average molecular weight is 237 g/mol. The largest absolute Gasteiger partial charge is 0.474 e. The minimum absolute atomic E-state index is 0.00449. The van der Waals surface area contributed by atoms with Gasteiger partial charge in [-0.15, -0.1) is 0 Å². The standard InChI is InChI=1S/C12H19N3O2/c1-8(2)7-9(3)17-12-10(11(13)15-16)5-4-6-14-12/h4-6,8-9,16H,7H2,1-3H3,(H2,13,15). The molecule has 0 spiro atoms. The predicted octanol–water partition coefficient (Wildman–Crippen LogP) is 1.99. The summed E-state index contributed by atoms with van der Waals surface area (Å²) in [5.41, 5.74) is 6.06. The Morgan fingerprint density at radius 1 is 1.53 bits per heavy atom. The lowest BCUT2D eigenvalue weighted by Gasteiger charge is -2.17. The van der Waals surface area contributed by atoms with E-state index in [4.69, 9.17) is 15.7 Å². The third-order valence-corrected chi connectivity index (χ3v) is 2.27. The van der Waals surface area contributed by atoms with E-state index in [0.717, 1.165) is 6.42 Å². The highest BCUT2D eigenvalue weighted by molar-refractivity contribution is 5.98. The summed E-state index contributed by atoms with van der Waals surface area (Å²) in [4.78, 5) is 4.10. The summed E-state index contributed by atoms with van der Waals surface area (Å²) in [6.45, 7) is 6.23. The summed E-state index contributed by atoms with van der Waals surface area (Å²) in [6, 6.07) is 3.42. The van der Waals surface area contributed by atoms with E-state index in [1.165, 1.54) is 0 Å². The highest BCUT2D eigenvalue weighted by atomic mass is 16.5. The Hall–Kier alpha value is -1.78. The van der Waals surface area contributed by atoms with Crippen LogP contribution in [0.5, 0.6) is 5.88 Å². The fourth-order valence-electron chi connectivity index (χ4n) is 1.64. The molecular weight excluding hydrogens is 218 g/mol. The van der Waals surface area contributed by atoms with Gasteiger partial charge in [0.25, 0.3) is 0 Å². The van der Waals surface area contributed by atoms with Crippen LogP contribution in [0, 0.1) is 5.92 Å². The second-order valence-electron chi connectivity index (χ2n) is 4.40. The second-order valence-corrected chi connectivity index (χ2v) is 4.40. The second kappa shape index (κ2) is 6.08. The number of rotatable bonds is 5. The molecule has 0 saturated carbocycles. The number of oxime groups is 1. The van der Waals surface area contributed by atoms with Gasteiger partial charge in [0.15, 0.2) is 5.84 Å². The molecule has 0 aliphatic heterocycles. The molecule has 0 radical (unpaired) electrons. The van der Waals surface area contributed by atoms with Gasteiger partial charge in [-0.25, -0.2) is 4.98 Å². The van der Waals surface area contributed by atoms with E-state index in [-0.39, 0.29) is 11.9 Å². The van der Waals surface area contributed by atoms with Crippen LogP contribution < -0.4 is 10.5 Å². The van der Waals surface area contributed by atoms with Crippen molar-refractivity contribution in [3.05, 3.63) is 23.9 Å². The van der Waals surface area contributed by atoms with E-state index in [9.17, 15) is 0 Å². The summed E-state index contributed by atoms with van der Waals surface area (Å²) in [6.07, 6.45) is 2.58. The quantitative estimate of drug-likeness (QED) is 0.355. The molecule has 3 N–H and O–H groups in total. The first-order valence-electron chi connectivity index (χ1n) is 5.64. The fourth-order valence-corrected chi connectivity index (χ4v) is 1.64. The number of ether oxygens (including phenoxy) is 1. The van der Waals surface area contributed by atoms with Gasteiger partial charge in [0, 0.05) is 6.20 Å². The number of hydrogen-bond donors (Lipinski definition) is 2. The van der Waals surface area contributed by atoms with Crippen LogP contribution in [0.1, 0.15) is 32.8 Å². The monoisotopic (exact) mass is 237 g/mol. The normalized spacial score (nSPS) is 13.8. The van der Waals surface area contributed by atoms with Crippen LogP contribution in [0.2, 0.25) is 0 Å². The molecule has 0 fully saturated rings. The lowest BCUT2D eigenvalue weighted by molar-refractivity contribution is 0.185. The van der Waals surface area contributed by atoms with E-state index >= 15 is 0 Å². The first-order chi connectivity index (χ1) is 8.04. The number of hydrogen-bond acceptors (Lipinski definition) is 4. The van der Waals surface area contributed by atoms with E-state index in [1.807, 2.05) is 6.92 Å². The summed E-state index contributed by atoms with van der Waals surface area (Å²) in [5, 5.41) is 11.6. The molecular formula is C12H19N3O2.